The van der Waals surface area contributed by atoms with E-state index in [1.807, 2.05) is 74.5 Å². The Labute approximate surface area is 255 Å². The first-order valence-corrected chi connectivity index (χ1v) is 15.1. The normalized spacial score (nSPS) is 14.5. The molecular weight excluding hydrogens is 587 g/mol. The number of hydrogen-bond acceptors (Lipinski definition) is 7. The summed E-state index contributed by atoms with van der Waals surface area (Å²) in [5, 5.41) is 0.478. The number of aromatic nitrogens is 4. The van der Waals surface area contributed by atoms with Gasteiger partial charge in [-0.2, -0.15) is 0 Å². The van der Waals surface area contributed by atoms with Gasteiger partial charge in [0.2, 0.25) is 0 Å². The third-order valence-corrected chi connectivity index (χ3v) is 9.42. The van der Waals surface area contributed by atoms with Crippen LogP contribution in [0.25, 0.3) is 17.4 Å². The monoisotopic (exact) mass is 611 g/mol. The van der Waals surface area contributed by atoms with Crippen molar-refractivity contribution in [1.82, 2.24) is 18.7 Å². The number of benzene rings is 2. The summed E-state index contributed by atoms with van der Waals surface area (Å²) in [6.07, 6.45) is 3.22. The second-order valence-corrected chi connectivity index (χ2v) is 12.6. The van der Waals surface area contributed by atoms with Crippen LogP contribution < -0.4 is 16.0 Å². The number of thioether (sulfide) groups is 1. The Bertz CT molecular complexity index is 2060. The lowest BCUT2D eigenvalue weighted by molar-refractivity contribution is -0.113. The molecule has 0 aliphatic carbocycles. The van der Waals surface area contributed by atoms with Crippen molar-refractivity contribution in [3.8, 4) is 5.69 Å². The van der Waals surface area contributed by atoms with E-state index in [1.165, 1.54) is 25.7 Å². The maximum atomic E-state index is 13.9. The van der Waals surface area contributed by atoms with Crippen LogP contribution in [0.3, 0.4) is 0 Å². The van der Waals surface area contributed by atoms with Crippen LogP contribution in [0, 0.1) is 20.8 Å². The zero-order chi connectivity index (χ0) is 29.7. The van der Waals surface area contributed by atoms with Gasteiger partial charge < -0.3 is 0 Å². The lowest BCUT2D eigenvalue weighted by Gasteiger charge is -2.12. The van der Waals surface area contributed by atoms with Crippen LogP contribution in [0.2, 0.25) is 0 Å². The van der Waals surface area contributed by atoms with E-state index in [2.05, 4.69) is 0 Å². The molecule has 3 aromatic heterocycles. The summed E-state index contributed by atoms with van der Waals surface area (Å²) in [6.45, 7) is 5.68. The highest BCUT2D eigenvalue weighted by atomic mass is 32.2. The van der Waals surface area contributed by atoms with Gasteiger partial charge in [0.05, 0.1) is 21.8 Å². The second kappa shape index (κ2) is 10.9. The standard InChI is InChI=1S/C31H25N5O3S3/c1-18-12-14-22(15-13-18)41-27-23(28(37)34-16-8-9-19(2)26(34)32-27)17-24-29(38)35(31(40)42-24)25-20(3)33(4)36(30(25)39)21-10-6-5-7-11-21/h5-17H,1-4H3. The van der Waals surface area contributed by atoms with Crippen LogP contribution in [0.5, 0.6) is 0 Å². The van der Waals surface area contributed by atoms with E-state index >= 15 is 0 Å². The zero-order valence-electron chi connectivity index (χ0n) is 23.2. The Hall–Kier alpha value is -4.19. The highest BCUT2D eigenvalue weighted by Gasteiger charge is 2.38. The summed E-state index contributed by atoms with van der Waals surface area (Å²) in [7, 11) is 1.76. The molecule has 0 radical (unpaired) electrons. The molecule has 1 aliphatic heterocycles. The van der Waals surface area contributed by atoms with Gasteiger partial charge in [0.25, 0.3) is 17.0 Å². The molecule has 0 spiro atoms. The summed E-state index contributed by atoms with van der Waals surface area (Å²) >= 11 is 8.04. The highest BCUT2D eigenvalue weighted by molar-refractivity contribution is 8.27. The maximum Gasteiger partial charge on any atom is 0.296 e. The molecule has 8 nitrogen and oxygen atoms in total. The SMILES string of the molecule is Cc1ccc(Sc2nc3c(C)cccn3c(=O)c2C=C2SC(=S)N(c3c(C)n(C)n(-c4ccccc4)c3=O)C2=O)cc1. The van der Waals surface area contributed by atoms with Crippen molar-refractivity contribution in [2.45, 2.75) is 30.7 Å². The third-order valence-electron chi connectivity index (χ3n) is 7.10. The molecule has 1 amide bonds. The Balaban J connectivity index is 1.47. The minimum absolute atomic E-state index is 0.186. The number of pyridine rings is 1. The fourth-order valence-electron chi connectivity index (χ4n) is 4.81. The molecule has 42 heavy (non-hydrogen) atoms. The van der Waals surface area contributed by atoms with E-state index in [4.69, 9.17) is 17.2 Å². The van der Waals surface area contributed by atoms with Crippen molar-refractivity contribution in [2.24, 2.45) is 7.05 Å². The minimum Gasteiger partial charge on any atom is -0.283 e. The molecule has 4 heterocycles. The van der Waals surface area contributed by atoms with Gasteiger partial charge in [-0.3, -0.25) is 28.4 Å². The molecule has 1 saturated heterocycles. The number of thiocarbonyl (C=S) groups is 1. The molecule has 0 bridgehead atoms. The van der Waals surface area contributed by atoms with E-state index in [-0.39, 0.29) is 31.6 Å². The summed E-state index contributed by atoms with van der Waals surface area (Å²) in [5.41, 5.74) is 3.57. The van der Waals surface area contributed by atoms with E-state index in [0.29, 0.717) is 22.1 Å². The fourth-order valence-corrected chi connectivity index (χ4v) is 6.95. The number of carbonyl (C=O) groups excluding carboxylic acids is 1. The van der Waals surface area contributed by atoms with E-state index in [9.17, 15) is 14.4 Å². The molecule has 0 saturated carbocycles. The Morgan fingerprint density at radius 1 is 0.905 bits per heavy atom. The minimum atomic E-state index is -0.462. The molecule has 1 fully saturated rings. The van der Waals surface area contributed by atoms with Crippen LogP contribution in [0.4, 0.5) is 5.69 Å². The molecule has 2 aromatic carbocycles. The van der Waals surface area contributed by atoms with Crippen molar-refractivity contribution in [3.05, 3.63) is 121 Å². The first kappa shape index (κ1) is 28.0. The first-order chi connectivity index (χ1) is 20.2. The number of aryl methyl sites for hydroxylation is 2. The number of para-hydroxylation sites is 1. The van der Waals surface area contributed by atoms with Crippen LogP contribution in [-0.4, -0.2) is 29.0 Å². The van der Waals surface area contributed by atoms with Crippen molar-refractivity contribution in [2.75, 3.05) is 4.90 Å². The first-order valence-electron chi connectivity index (χ1n) is 13.0. The van der Waals surface area contributed by atoms with Gasteiger partial charge in [0.1, 0.15) is 16.4 Å². The number of fused-ring (bicyclic) bond motifs is 1. The number of amides is 1. The molecule has 6 rings (SSSR count). The van der Waals surface area contributed by atoms with E-state index in [0.717, 1.165) is 27.8 Å². The lowest BCUT2D eigenvalue weighted by atomic mass is 10.2. The van der Waals surface area contributed by atoms with Crippen molar-refractivity contribution in [3.63, 3.8) is 0 Å². The summed E-state index contributed by atoms with van der Waals surface area (Å²) < 4.78 is 4.91. The van der Waals surface area contributed by atoms with Gasteiger partial charge in [-0.15, -0.1) is 0 Å². The number of anilines is 1. The molecule has 11 heteroatoms. The molecule has 5 aromatic rings. The Morgan fingerprint density at radius 3 is 2.33 bits per heavy atom. The van der Waals surface area contributed by atoms with E-state index < -0.39 is 5.91 Å². The van der Waals surface area contributed by atoms with Gasteiger partial charge in [-0.1, -0.05) is 77.7 Å². The number of rotatable bonds is 5. The highest BCUT2D eigenvalue weighted by Crippen LogP contribution is 2.38. The molecule has 1 aliphatic rings. The Kier molecular flexibility index (Phi) is 7.25. The third kappa shape index (κ3) is 4.73. The summed E-state index contributed by atoms with van der Waals surface area (Å²) in [4.78, 5) is 48.6. The second-order valence-electron chi connectivity index (χ2n) is 9.86. The quantitative estimate of drug-likeness (QED) is 0.144. The van der Waals surface area contributed by atoms with Crippen LogP contribution in [0.15, 0.2) is 97.3 Å². The predicted molar refractivity (Wildman–Crippen MR) is 173 cm³/mol. The lowest BCUT2D eigenvalue weighted by Crippen LogP contribution is -2.33. The zero-order valence-corrected chi connectivity index (χ0v) is 25.6. The number of nitrogens with zero attached hydrogens (tertiary/aromatic N) is 5. The number of carbonyl (C=O) groups is 1. The topological polar surface area (TPSA) is 81.6 Å². The van der Waals surface area contributed by atoms with Gasteiger partial charge in [0, 0.05) is 18.1 Å². The molecule has 0 N–H and O–H groups in total. The average molecular weight is 612 g/mol. The summed E-state index contributed by atoms with van der Waals surface area (Å²) in [6, 6.07) is 20.8. The summed E-state index contributed by atoms with van der Waals surface area (Å²) in [5.74, 6) is -0.462. The van der Waals surface area contributed by atoms with Gasteiger partial charge in [-0.05, 0) is 62.7 Å². The Morgan fingerprint density at radius 2 is 1.62 bits per heavy atom. The van der Waals surface area contributed by atoms with Crippen LogP contribution in [-0.2, 0) is 11.8 Å². The average Bonchev–Trinajstić information content (AvgIpc) is 3.37. The molecular formula is C31H25N5O3S3. The van der Waals surface area contributed by atoms with Gasteiger partial charge in [0.15, 0.2) is 4.32 Å². The van der Waals surface area contributed by atoms with Crippen molar-refractivity contribution in [1.29, 1.82) is 0 Å². The predicted octanol–water partition coefficient (Wildman–Crippen LogP) is 5.67. The van der Waals surface area contributed by atoms with E-state index in [1.54, 1.807) is 37.0 Å². The number of hydrogen-bond donors (Lipinski definition) is 0. The van der Waals surface area contributed by atoms with Crippen LogP contribution >= 0.6 is 35.7 Å². The molecule has 210 valence electrons. The van der Waals surface area contributed by atoms with Crippen molar-refractivity contribution >= 4 is 63.4 Å². The molecule has 0 unspecified atom stereocenters. The maximum absolute atomic E-state index is 13.9. The van der Waals surface area contributed by atoms with Gasteiger partial charge in [-0.25, -0.2) is 9.67 Å². The fraction of sp³-hybridized carbons (Fsp3) is 0.129. The molecule has 0 atom stereocenters. The van der Waals surface area contributed by atoms with Gasteiger partial charge >= 0.3 is 0 Å². The van der Waals surface area contributed by atoms with Crippen LogP contribution in [0.1, 0.15) is 22.4 Å². The largest absolute Gasteiger partial charge is 0.296 e. The van der Waals surface area contributed by atoms with Crippen molar-refractivity contribution < 1.29 is 4.79 Å². The smallest absolute Gasteiger partial charge is 0.283 e.